The van der Waals surface area contributed by atoms with Crippen LogP contribution in [-0.2, 0) is 19.4 Å². The van der Waals surface area contributed by atoms with Gasteiger partial charge >= 0.3 is 0 Å². The third kappa shape index (κ3) is 2.36. The molecule has 2 aromatic heterocycles. The van der Waals surface area contributed by atoms with Crippen LogP contribution in [0.25, 0.3) is 11.4 Å². The van der Waals surface area contributed by atoms with Gasteiger partial charge in [-0.15, -0.1) is 0 Å². The summed E-state index contributed by atoms with van der Waals surface area (Å²) in [5, 5.41) is 10.9. The molecule has 0 spiro atoms. The van der Waals surface area contributed by atoms with E-state index in [0.717, 1.165) is 35.6 Å². The summed E-state index contributed by atoms with van der Waals surface area (Å²) in [6.07, 6.45) is 5.87. The number of benzene rings is 1. The summed E-state index contributed by atoms with van der Waals surface area (Å²) in [7, 11) is 0. The Bertz CT molecular complexity index is 764. The minimum absolute atomic E-state index is 0.407. The van der Waals surface area contributed by atoms with Crippen LogP contribution in [0, 0.1) is 0 Å². The third-order valence-corrected chi connectivity index (χ3v) is 3.95. The van der Waals surface area contributed by atoms with Crippen molar-refractivity contribution >= 4 is 0 Å². The van der Waals surface area contributed by atoms with E-state index in [0.29, 0.717) is 12.4 Å². The Morgan fingerprint density at radius 2 is 2.09 bits per heavy atom. The summed E-state index contributed by atoms with van der Waals surface area (Å²) in [5.41, 5.74) is 3.02. The minimum atomic E-state index is 0.407. The smallest absolute Gasteiger partial charge is 0.159 e. The first-order chi connectivity index (χ1) is 10.9. The Morgan fingerprint density at radius 3 is 3.00 bits per heavy atom. The first-order valence-electron chi connectivity index (χ1n) is 7.45. The molecule has 22 heavy (non-hydrogen) atoms. The zero-order valence-corrected chi connectivity index (χ0v) is 12.1. The van der Waals surface area contributed by atoms with Gasteiger partial charge in [0, 0.05) is 12.0 Å². The van der Waals surface area contributed by atoms with Gasteiger partial charge in [-0.3, -0.25) is 5.10 Å². The monoisotopic (exact) mass is 296 g/mol. The molecule has 1 aliphatic rings. The van der Waals surface area contributed by atoms with Gasteiger partial charge in [0.15, 0.2) is 5.82 Å². The highest BCUT2D eigenvalue weighted by molar-refractivity contribution is 5.63. The number of H-pyrrole nitrogens is 1. The first kappa shape index (κ1) is 13.1. The molecule has 1 N–H and O–H groups in total. The van der Waals surface area contributed by atoms with Crippen LogP contribution in [0.1, 0.15) is 29.9 Å². The lowest BCUT2D eigenvalue weighted by Gasteiger charge is -2.11. The predicted molar refractivity (Wildman–Crippen MR) is 79.3 cm³/mol. The van der Waals surface area contributed by atoms with Gasteiger partial charge in [0.05, 0.1) is 5.56 Å². The SMILES string of the molecule is c1ccc(-c2ncn[nH]2)c(OCc2noc3c2CCCC3)c1. The first-order valence-corrected chi connectivity index (χ1v) is 7.45. The lowest BCUT2D eigenvalue weighted by Crippen LogP contribution is -2.05. The number of fused-ring (bicyclic) bond motifs is 1. The number of aryl methyl sites for hydroxylation is 1. The van der Waals surface area contributed by atoms with Crippen molar-refractivity contribution < 1.29 is 9.26 Å². The predicted octanol–water partition coefficient (Wildman–Crippen LogP) is 2.92. The van der Waals surface area contributed by atoms with Gasteiger partial charge in [-0.05, 0) is 31.4 Å². The van der Waals surface area contributed by atoms with Crippen LogP contribution >= 0.6 is 0 Å². The number of hydrogen-bond acceptors (Lipinski definition) is 5. The van der Waals surface area contributed by atoms with Crippen molar-refractivity contribution in [3.63, 3.8) is 0 Å². The maximum atomic E-state index is 5.96. The van der Waals surface area contributed by atoms with Crippen molar-refractivity contribution in [3.8, 4) is 17.1 Å². The second kappa shape index (κ2) is 5.63. The van der Waals surface area contributed by atoms with Crippen molar-refractivity contribution in [2.24, 2.45) is 0 Å². The highest BCUT2D eigenvalue weighted by atomic mass is 16.5. The molecular formula is C16H16N4O2. The zero-order valence-electron chi connectivity index (χ0n) is 12.1. The highest BCUT2D eigenvalue weighted by Gasteiger charge is 2.20. The van der Waals surface area contributed by atoms with Crippen LogP contribution in [-0.4, -0.2) is 20.3 Å². The van der Waals surface area contributed by atoms with E-state index in [-0.39, 0.29) is 0 Å². The third-order valence-electron chi connectivity index (χ3n) is 3.95. The van der Waals surface area contributed by atoms with E-state index in [9.17, 15) is 0 Å². The Labute approximate surface area is 127 Å². The molecule has 6 heteroatoms. The molecule has 0 aliphatic heterocycles. The molecule has 0 radical (unpaired) electrons. The maximum absolute atomic E-state index is 5.96. The molecule has 3 aromatic rings. The molecule has 0 saturated carbocycles. The summed E-state index contributed by atoms with van der Waals surface area (Å²) < 4.78 is 11.4. The van der Waals surface area contributed by atoms with E-state index in [2.05, 4.69) is 20.3 Å². The number of ether oxygens (including phenoxy) is 1. The average Bonchev–Trinajstić information content (AvgIpc) is 3.23. The molecule has 2 heterocycles. The normalized spacial score (nSPS) is 13.8. The molecule has 6 nitrogen and oxygen atoms in total. The van der Waals surface area contributed by atoms with Crippen molar-refractivity contribution in [3.05, 3.63) is 47.6 Å². The fourth-order valence-electron chi connectivity index (χ4n) is 2.83. The maximum Gasteiger partial charge on any atom is 0.159 e. The van der Waals surface area contributed by atoms with E-state index in [4.69, 9.17) is 9.26 Å². The minimum Gasteiger partial charge on any atom is -0.486 e. The summed E-state index contributed by atoms with van der Waals surface area (Å²) in [4.78, 5) is 4.18. The number of para-hydroxylation sites is 1. The van der Waals surface area contributed by atoms with Gasteiger partial charge in [-0.25, -0.2) is 4.98 Å². The van der Waals surface area contributed by atoms with Crippen molar-refractivity contribution in [2.45, 2.75) is 32.3 Å². The fourth-order valence-corrected chi connectivity index (χ4v) is 2.83. The van der Waals surface area contributed by atoms with Crippen LogP contribution in [0.2, 0.25) is 0 Å². The molecule has 0 fully saturated rings. The number of nitrogens with one attached hydrogen (secondary N) is 1. The van der Waals surface area contributed by atoms with E-state index in [1.165, 1.54) is 24.7 Å². The van der Waals surface area contributed by atoms with Crippen molar-refractivity contribution in [1.82, 2.24) is 20.3 Å². The molecular weight excluding hydrogens is 280 g/mol. The van der Waals surface area contributed by atoms with Gasteiger partial charge in [-0.1, -0.05) is 17.3 Å². The quantitative estimate of drug-likeness (QED) is 0.801. The summed E-state index contributed by atoms with van der Waals surface area (Å²) in [6, 6.07) is 7.76. The summed E-state index contributed by atoms with van der Waals surface area (Å²) in [5.74, 6) is 2.47. The number of nitrogens with zero attached hydrogens (tertiary/aromatic N) is 3. The van der Waals surface area contributed by atoms with Crippen LogP contribution in [0.3, 0.4) is 0 Å². The zero-order chi connectivity index (χ0) is 14.8. The second-order valence-electron chi connectivity index (χ2n) is 5.36. The largest absolute Gasteiger partial charge is 0.486 e. The highest BCUT2D eigenvalue weighted by Crippen LogP contribution is 2.29. The van der Waals surface area contributed by atoms with Gasteiger partial charge in [0.25, 0.3) is 0 Å². The van der Waals surface area contributed by atoms with Crippen LogP contribution < -0.4 is 4.74 Å². The molecule has 112 valence electrons. The second-order valence-corrected chi connectivity index (χ2v) is 5.36. The number of hydrogen-bond donors (Lipinski definition) is 1. The van der Waals surface area contributed by atoms with E-state index in [1.54, 1.807) is 0 Å². The molecule has 0 atom stereocenters. The molecule has 1 aliphatic carbocycles. The van der Waals surface area contributed by atoms with E-state index in [1.807, 2.05) is 24.3 Å². The van der Waals surface area contributed by atoms with Crippen LogP contribution in [0.15, 0.2) is 35.1 Å². The Hall–Kier alpha value is -2.63. The molecule has 0 bridgehead atoms. The fraction of sp³-hybridized carbons (Fsp3) is 0.312. The standard InChI is InChI=1S/C16H16N4O2/c1-4-8-15-11(5-1)13(20-22-15)9-21-14-7-3-2-6-12(14)16-17-10-18-19-16/h2-3,6-7,10H,1,4-5,8-9H2,(H,17,18,19). The van der Waals surface area contributed by atoms with Gasteiger partial charge < -0.3 is 9.26 Å². The number of rotatable bonds is 4. The van der Waals surface area contributed by atoms with Crippen molar-refractivity contribution in [2.75, 3.05) is 0 Å². The van der Waals surface area contributed by atoms with Crippen LogP contribution in [0.4, 0.5) is 0 Å². The van der Waals surface area contributed by atoms with Gasteiger partial charge in [0.1, 0.15) is 30.1 Å². The average molecular weight is 296 g/mol. The Balaban J connectivity index is 1.56. The van der Waals surface area contributed by atoms with E-state index >= 15 is 0 Å². The summed E-state index contributed by atoms with van der Waals surface area (Å²) >= 11 is 0. The molecule has 1 aromatic carbocycles. The van der Waals surface area contributed by atoms with Gasteiger partial charge in [0.2, 0.25) is 0 Å². The summed E-state index contributed by atoms with van der Waals surface area (Å²) in [6.45, 7) is 0.407. The Kier molecular flexibility index (Phi) is 3.34. The lowest BCUT2D eigenvalue weighted by molar-refractivity contribution is 0.287. The van der Waals surface area contributed by atoms with E-state index < -0.39 is 0 Å². The topological polar surface area (TPSA) is 76.8 Å². The van der Waals surface area contributed by atoms with Crippen LogP contribution in [0.5, 0.6) is 5.75 Å². The Morgan fingerprint density at radius 1 is 1.18 bits per heavy atom. The molecule has 0 saturated heterocycles. The molecule has 4 rings (SSSR count). The molecule has 0 unspecified atom stereocenters. The lowest BCUT2D eigenvalue weighted by atomic mass is 9.97. The number of aromatic nitrogens is 4. The number of aromatic amines is 1. The van der Waals surface area contributed by atoms with Crippen molar-refractivity contribution in [1.29, 1.82) is 0 Å². The molecule has 0 amide bonds. The van der Waals surface area contributed by atoms with Gasteiger partial charge in [-0.2, -0.15) is 5.10 Å².